The molecule has 20 heavy (non-hydrogen) atoms. The lowest BCUT2D eigenvalue weighted by atomic mass is 10.3. The third kappa shape index (κ3) is 2.42. The van der Waals surface area contributed by atoms with Crippen LogP contribution < -0.4 is 10.5 Å². The van der Waals surface area contributed by atoms with Crippen LogP contribution in [0.3, 0.4) is 0 Å². The molecule has 0 unspecified atom stereocenters. The van der Waals surface area contributed by atoms with E-state index in [4.69, 9.17) is 10.5 Å². The Hall–Kier alpha value is -2.21. The molecule has 3 N–H and O–H groups in total. The van der Waals surface area contributed by atoms with Crippen molar-refractivity contribution in [1.82, 2.24) is 15.0 Å². The summed E-state index contributed by atoms with van der Waals surface area (Å²) < 4.78 is 5.20. The maximum atomic E-state index is 5.93. The number of hydrogen-bond acceptors (Lipinski definition) is 5. The Morgan fingerprint density at radius 2 is 2.05 bits per heavy atom. The molecule has 0 aliphatic rings. The Kier molecular flexibility index (Phi) is 3.23. The van der Waals surface area contributed by atoms with Crippen LogP contribution in [0.15, 0.2) is 40.5 Å². The molecule has 0 bridgehead atoms. The Labute approximate surface area is 120 Å². The summed E-state index contributed by atoms with van der Waals surface area (Å²) in [6, 6.07) is 9.47. The van der Waals surface area contributed by atoms with Crippen LogP contribution in [0.2, 0.25) is 0 Å². The molecule has 0 amide bonds. The molecule has 0 aliphatic heterocycles. The maximum absolute atomic E-state index is 5.93. The molecule has 2 heterocycles. The Morgan fingerprint density at radius 3 is 2.85 bits per heavy atom. The summed E-state index contributed by atoms with van der Waals surface area (Å²) in [5, 5.41) is 1.52. The van der Waals surface area contributed by atoms with Gasteiger partial charge >= 0.3 is 0 Å². The molecule has 0 saturated heterocycles. The first-order valence-corrected chi connectivity index (χ1v) is 6.92. The van der Waals surface area contributed by atoms with E-state index < -0.39 is 0 Å². The molecule has 0 atom stereocenters. The van der Waals surface area contributed by atoms with Crippen molar-refractivity contribution in [3.05, 3.63) is 36.0 Å². The Balaban J connectivity index is 1.96. The third-order valence-electron chi connectivity index (χ3n) is 2.89. The summed E-state index contributed by atoms with van der Waals surface area (Å²) in [6.07, 6.45) is 0. The molecule has 102 valence electrons. The van der Waals surface area contributed by atoms with Crippen molar-refractivity contribution >= 4 is 28.5 Å². The Bertz CT molecular complexity index is 769. The van der Waals surface area contributed by atoms with Crippen LogP contribution in [0.25, 0.3) is 11.0 Å². The average molecular weight is 286 g/mol. The minimum absolute atomic E-state index is 0.652. The number of aromatic amines is 1. The van der Waals surface area contributed by atoms with Crippen LogP contribution in [-0.4, -0.2) is 22.1 Å². The predicted molar refractivity (Wildman–Crippen MR) is 80.2 cm³/mol. The summed E-state index contributed by atoms with van der Waals surface area (Å²) in [6.45, 7) is 1.94. The zero-order chi connectivity index (χ0) is 14.1. The zero-order valence-electron chi connectivity index (χ0n) is 11.2. The van der Waals surface area contributed by atoms with Gasteiger partial charge in [0.25, 0.3) is 0 Å². The van der Waals surface area contributed by atoms with Gasteiger partial charge in [-0.2, -0.15) is 0 Å². The first kappa shape index (κ1) is 12.8. The van der Waals surface area contributed by atoms with Gasteiger partial charge < -0.3 is 15.5 Å². The molecular weight excluding hydrogens is 272 g/mol. The number of hydrogen-bond donors (Lipinski definition) is 2. The number of H-pyrrole nitrogens is 1. The zero-order valence-corrected chi connectivity index (χ0v) is 12.0. The van der Waals surface area contributed by atoms with Gasteiger partial charge in [-0.25, -0.2) is 9.97 Å². The fraction of sp³-hybridized carbons (Fsp3) is 0.143. The highest BCUT2D eigenvalue weighted by Crippen LogP contribution is 2.30. The number of nitrogens with two attached hydrogens (primary N) is 1. The number of rotatable bonds is 3. The first-order valence-electron chi connectivity index (χ1n) is 6.10. The van der Waals surface area contributed by atoms with Gasteiger partial charge in [0.2, 0.25) is 0 Å². The lowest BCUT2D eigenvalue weighted by molar-refractivity contribution is 0.415. The molecule has 0 radical (unpaired) electrons. The molecule has 2 aromatic heterocycles. The second-order valence-corrected chi connectivity index (χ2v) is 5.35. The van der Waals surface area contributed by atoms with E-state index in [0.29, 0.717) is 5.69 Å². The van der Waals surface area contributed by atoms with Crippen molar-refractivity contribution in [2.75, 3.05) is 12.8 Å². The highest BCUT2D eigenvalue weighted by atomic mass is 32.2. The van der Waals surface area contributed by atoms with Gasteiger partial charge in [-0.15, -0.1) is 0 Å². The van der Waals surface area contributed by atoms with Crippen molar-refractivity contribution in [3.63, 3.8) is 0 Å². The summed E-state index contributed by atoms with van der Waals surface area (Å²) in [5.41, 5.74) is 9.33. The summed E-state index contributed by atoms with van der Waals surface area (Å²) in [5.74, 6) is 0.797. The maximum Gasteiger partial charge on any atom is 0.172 e. The molecule has 0 spiro atoms. The lowest BCUT2D eigenvalue weighted by Crippen LogP contribution is -1.93. The largest absolute Gasteiger partial charge is 0.497 e. The highest BCUT2D eigenvalue weighted by Gasteiger charge is 2.09. The van der Waals surface area contributed by atoms with Crippen LogP contribution in [-0.2, 0) is 0 Å². The molecule has 3 rings (SSSR count). The molecule has 3 aromatic rings. The SMILES string of the molecule is COc1ccc2nc(Sc3nc(C)ccc3N)[nH]c2c1. The summed E-state index contributed by atoms with van der Waals surface area (Å²) in [7, 11) is 1.64. The number of imidazole rings is 1. The van der Waals surface area contributed by atoms with Crippen LogP contribution in [0.4, 0.5) is 5.69 Å². The highest BCUT2D eigenvalue weighted by molar-refractivity contribution is 7.99. The van der Waals surface area contributed by atoms with Gasteiger partial charge in [0, 0.05) is 11.8 Å². The molecule has 0 fully saturated rings. The number of pyridine rings is 1. The van der Waals surface area contributed by atoms with E-state index in [1.165, 1.54) is 11.8 Å². The lowest BCUT2D eigenvalue weighted by Gasteiger charge is -2.02. The minimum atomic E-state index is 0.652. The summed E-state index contributed by atoms with van der Waals surface area (Å²) >= 11 is 1.42. The van der Waals surface area contributed by atoms with Crippen molar-refractivity contribution in [3.8, 4) is 5.75 Å². The quantitative estimate of drug-likeness (QED) is 0.774. The number of aryl methyl sites for hydroxylation is 1. The number of anilines is 1. The number of nitrogens with zero attached hydrogens (tertiary/aromatic N) is 2. The number of fused-ring (bicyclic) bond motifs is 1. The molecule has 5 nitrogen and oxygen atoms in total. The van der Waals surface area contributed by atoms with Crippen molar-refractivity contribution in [2.45, 2.75) is 17.1 Å². The second-order valence-electron chi connectivity index (χ2n) is 4.37. The minimum Gasteiger partial charge on any atom is -0.497 e. The molecular formula is C14H14N4OS. The topological polar surface area (TPSA) is 76.8 Å². The van der Waals surface area contributed by atoms with Gasteiger partial charge in [0.05, 0.1) is 23.8 Å². The molecule has 1 aromatic carbocycles. The third-order valence-corrected chi connectivity index (χ3v) is 3.80. The second kappa shape index (κ2) is 5.05. The van der Waals surface area contributed by atoms with Crippen LogP contribution >= 0.6 is 11.8 Å². The fourth-order valence-corrected chi connectivity index (χ4v) is 2.72. The van der Waals surface area contributed by atoms with E-state index in [1.807, 2.05) is 37.3 Å². The number of nitrogen functional groups attached to an aromatic ring is 1. The van der Waals surface area contributed by atoms with E-state index in [1.54, 1.807) is 7.11 Å². The number of aromatic nitrogens is 3. The van der Waals surface area contributed by atoms with Gasteiger partial charge in [-0.3, -0.25) is 0 Å². The van der Waals surface area contributed by atoms with Gasteiger partial charge in [-0.1, -0.05) is 0 Å². The number of ether oxygens (including phenoxy) is 1. The van der Waals surface area contributed by atoms with Crippen molar-refractivity contribution < 1.29 is 4.74 Å². The van der Waals surface area contributed by atoms with Gasteiger partial charge in [-0.05, 0) is 43.0 Å². The van der Waals surface area contributed by atoms with E-state index >= 15 is 0 Å². The summed E-state index contributed by atoms with van der Waals surface area (Å²) in [4.78, 5) is 12.2. The number of nitrogens with one attached hydrogen (secondary N) is 1. The van der Waals surface area contributed by atoms with Crippen molar-refractivity contribution in [1.29, 1.82) is 0 Å². The predicted octanol–water partition coefficient (Wildman–Crippen LogP) is 3.01. The van der Waals surface area contributed by atoms with Crippen LogP contribution in [0.5, 0.6) is 5.75 Å². The fourth-order valence-electron chi connectivity index (χ4n) is 1.86. The van der Waals surface area contributed by atoms with Crippen molar-refractivity contribution in [2.24, 2.45) is 0 Å². The van der Waals surface area contributed by atoms with E-state index in [0.717, 1.165) is 32.7 Å². The van der Waals surface area contributed by atoms with E-state index in [-0.39, 0.29) is 0 Å². The average Bonchev–Trinajstić information content (AvgIpc) is 2.84. The number of methoxy groups -OCH3 is 1. The normalized spacial score (nSPS) is 10.9. The van der Waals surface area contributed by atoms with Gasteiger partial charge in [0.1, 0.15) is 10.8 Å². The molecule has 0 saturated carbocycles. The van der Waals surface area contributed by atoms with Gasteiger partial charge in [0.15, 0.2) is 5.16 Å². The van der Waals surface area contributed by atoms with E-state index in [2.05, 4.69) is 15.0 Å². The molecule has 6 heteroatoms. The standard InChI is InChI=1S/C14H14N4OS/c1-8-3-5-10(15)13(16-8)20-14-17-11-6-4-9(19-2)7-12(11)18-14/h3-7H,15H2,1-2H3,(H,17,18). The first-order chi connectivity index (χ1) is 9.65. The smallest absolute Gasteiger partial charge is 0.172 e. The van der Waals surface area contributed by atoms with Crippen LogP contribution in [0, 0.1) is 6.92 Å². The van der Waals surface area contributed by atoms with Crippen LogP contribution in [0.1, 0.15) is 5.69 Å². The monoisotopic (exact) mass is 286 g/mol. The van der Waals surface area contributed by atoms with E-state index in [9.17, 15) is 0 Å². The Morgan fingerprint density at radius 1 is 1.20 bits per heavy atom. The number of benzene rings is 1. The molecule has 0 aliphatic carbocycles.